The summed E-state index contributed by atoms with van der Waals surface area (Å²) in [6.45, 7) is 3.98. The molecule has 0 spiro atoms. The van der Waals surface area contributed by atoms with E-state index in [-0.39, 0.29) is 18.7 Å². The summed E-state index contributed by atoms with van der Waals surface area (Å²) >= 11 is 0. The molecule has 2 aromatic rings. The van der Waals surface area contributed by atoms with Gasteiger partial charge >= 0.3 is 11.9 Å². The Bertz CT molecular complexity index is 1020. The van der Waals surface area contributed by atoms with Crippen molar-refractivity contribution < 1.29 is 19.1 Å². The Morgan fingerprint density at radius 3 is 2.49 bits per heavy atom. The molecule has 0 bridgehead atoms. The molecule has 1 fully saturated rings. The van der Waals surface area contributed by atoms with Gasteiger partial charge in [0.1, 0.15) is 6.10 Å². The molecule has 1 aliphatic carbocycles. The second-order valence-electron chi connectivity index (χ2n) is 9.10. The molecule has 1 aliphatic rings. The number of benzene rings is 2. The van der Waals surface area contributed by atoms with E-state index in [1.165, 1.54) is 18.9 Å². The van der Waals surface area contributed by atoms with Crippen molar-refractivity contribution in [2.75, 3.05) is 18.1 Å². The van der Waals surface area contributed by atoms with E-state index >= 15 is 0 Å². The zero-order valence-corrected chi connectivity index (χ0v) is 20.3. The average molecular weight is 477 g/mol. The first-order chi connectivity index (χ1) is 16.9. The summed E-state index contributed by atoms with van der Waals surface area (Å²) in [5.41, 5.74) is 15.1. The fourth-order valence-corrected chi connectivity index (χ4v) is 4.36. The number of hydrogen-bond acceptors (Lipinski definition) is 6. The number of allylic oxidation sites excluding steroid dienone is 1. The number of rotatable bonds is 11. The minimum atomic E-state index is -0.448. The van der Waals surface area contributed by atoms with Gasteiger partial charge in [0, 0.05) is 23.9 Å². The molecule has 0 unspecified atom stereocenters. The third kappa shape index (κ3) is 8.63. The van der Waals surface area contributed by atoms with E-state index in [0.717, 1.165) is 49.1 Å². The van der Waals surface area contributed by atoms with E-state index in [1.807, 2.05) is 6.08 Å². The topological polar surface area (TPSA) is 105 Å². The van der Waals surface area contributed by atoms with Gasteiger partial charge in [-0.3, -0.25) is 0 Å². The van der Waals surface area contributed by atoms with Gasteiger partial charge in [-0.1, -0.05) is 24.6 Å². The summed E-state index contributed by atoms with van der Waals surface area (Å²) in [5.74, 6) is -0.00939. The highest BCUT2D eigenvalue weighted by atomic mass is 16.5. The standard InChI is InChI=1S/C29H36N2O4/c1-2-3-4-5-21-8-14-26(15-9-21)35-29(33)23-11-6-22(7-12-23)10-17-28(32)34-19-18-24-20-25(30)13-16-27(24)31/h2,6-7,10-13,16-17,20-21,26H,1,3-5,8-9,14-15,18-19,30-31H2/b17-10+. The first kappa shape index (κ1) is 26.1. The maximum Gasteiger partial charge on any atom is 0.338 e. The molecule has 0 aromatic heterocycles. The summed E-state index contributed by atoms with van der Waals surface area (Å²) < 4.78 is 11.0. The molecule has 0 heterocycles. The second-order valence-corrected chi connectivity index (χ2v) is 9.10. The molecular formula is C29H36N2O4. The van der Waals surface area contributed by atoms with E-state index < -0.39 is 5.97 Å². The number of hydrogen-bond donors (Lipinski definition) is 2. The number of nitrogen functional groups attached to an aromatic ring is 2. The van der Waals surface area contributed by atoms with Crippen LogP contribution in [0.3, 0.4) is 0 Å². The van der Waals surface area contributed by atoms with Crippen LogP contribution in [0, 0.1) is 5.92 Å². The summed E-state index contributed by atoms with van der Waals surface area (Å²) in [5, 5.41) is 0. The van der Waals surface area contributed by atoms with Crippen molar-refractivity contribution in [2.45, 2.75) is 57.5 Å². The molecule has 6 heteroatoms. The summed E-state index contributed by atoms with van der Waals surface area (Å²) in [7, 11) is 0. The highest BCUT2D eigenvalue weighted by Crippen LogP contribution is 2.30. The zero-order valence-electron chi connectivity index (χ0n) is 20.3. The van der Waals surface area contributed by atoms with Crippen LogP contribution in [-0.4, -0.2) is 24.6 Å². The van der Waals surface area contributed by atoms with E-state index in [2.05, 4.69) is 6.58 Å². The Labute approximate surface area is 208 Å². The lowest BCUT2D eigenvalue weighted by Crippen LogP contribution is -2.24. The van der Waals surface area contributed by atoms with Crippen LogP contribution in [0.1, 0.15) is 66.4 Å². The van der Waals surface area contributed by atoms with Crippen molar-refractivity contribution in [3.05, 3.63) is 77.9 Å². The maximum absolute atomic E-state index is 12.5. The van der Waals surface area contributed by atoms with Crippen molar-refractivity contribution in [3.8, 4) is 0 Å². The van der Waals surface area contributed by atoms with Gasteiger partial charge in [-0.2, -0.15) is 0 Å². The zero-order chi connectivity index (χ0) is 25.0. The van der Waals surface area contributed by atoms with Gasteiger partial charge in [-0.15, -0.1) is 6.58 Å². The van der Waals surface area contributed by atoms with Crippen molar-refractivity contribution in [2.24, 2.45) is 5.92 Å². The predicted molar refractivity (Wildman–Crippen MR) is 141 cm³/mol. The molecule has 6 nitrogen and oxygen atoms in total. The molecule has 2 aromatic carbocycles. The monoisotopic (exact) mass is 476 g/mol. The lowest BCUT2D eigenvalue weighted by Gasteiger charge is -2.28. The number of carbonyl (C=O) groups excluding carboxylic acids is 2. The number of anilines is 2. The van der Waals surface area contributed by atoms with Crippen LogP contribution < -0.4 is 11.5 Å². The molecule has 186 valence electrons. The lowest BCUT2D eigenvalue weighted by atomic mass is 9.84. The summed E-state index contributed by atoms with van der Waals surface area (Å²) in [6.07, 6.45) is 13.0. The van der Waals surface area contributed by atoms with Crippen molar-refractivity contribution in [1.82, 2.24) is 0 Å². The Morgan fingerprint density at radius 1 is 1.03 bits per heavy atom. The Kier molecular flexibility index (Phi) is 9.96. The quantitative estimate of drug-likeness (QED) is 0.141. The number of ether oxygens (including phenoxy) is 2. The van der Waals surface area contributed by atoms with Gasteiger partial charge in [0.25, 0.3) is 0 Å². The number of unbranched alkanes of at least 4 members (excludes halogenated alkanes) is 1. The SMILES string of the molecule is C=CCCCC1CCC(OC(=O)c2ccc(/C=C/C(=O)OCCc3cc(N)ccc3N)cc2)CC1. The largest absolute Gasteiger partial charge is 0.462 e. The van der Waals surface area contributed by atoms with E-state index in [0.29, 0.717) is 23.4 Å². The Morgan fingerprint density at radius 2 is 1.77 bits per heavy atom. The average Bonchev–Trinajstić information content (AvgIpc) is 2.86. The predicted octanol–water partition coefficient (Wildman–Crippen LogP) is 5.72. The minimum Gasteiger partial charge on any atom is -0.462 e. The number of carbonyl (C=O) groups is 2. The molecule has 0 amide bonds. The van der Waals surface area contributed by atoms with Crippen LogP contribution in [0.15, 0.2) is 61.2 Å². The molecule has 3 rings (SSSR count). The Balaban J connectivity index is 1.39. The van der Waals surface area contributed by atoms with Crippen molar-refractivity contribution in [1.29, 1.82) is 0 Å². The van der Waals surface area contributed by atoms with Gasteiger partial charge in [-0.25, -0.2) is 9.59 Å². The van der Waals surface area contributed by atoms with Crippen molar-refractivity contribution in [3.63, 3.8) is 0 Å². The molecule has 35 heavy (non-hydrogen) atoms. The molecule has 0 aliphatic heterocycles. The van der Waals surface area contributed by atoms with Crippen LogP contribution >= 0.6 is 0 Å². The second kappa shape index (κ2) is 13.4. The first-order valence-electron chi connectivity index (χ1n) is 12.3. The van der Waals surface area contributed by atoms with Crippen LogP contribution in [0.2, 0.25) is 0 Å². The fraction of sp³-hybridized carbons (Fsp3) is 0.379. The lowest BCUT2D eigenvalue weighted by molar-refractivity contribution is -0.137. The van der Waals surface area contributed by atoms with Crippen LogP contribution in [0.4, 0.5) is 11.4 Å². The van der Waals surface area contributed by atoms with E-state index in [1.54, 1.807) is 48.5 Å². The third-order valence-corrected chi connectivity index (χ3v) is 6.43. The smallest absolute Gasteiger partial charge is 0.338 e. The Hall–Kier alpha value is -3.54. The molecule has 0 radical (unpaired) electrons. The highest BCUT2D eigenvalue weighted by Gasteiger charge is 2.24. The highest BCUT2D eigenvalue weighted by molar-refractivity contribution is 5.90. The van der Waals surface area contributed by atoms with Gasteiger partial charge < -0.3 is 20.9 Å². The van der Waals surface area contributed by atoms with Crippen LogP contribution in [0.5, 0.6) is 0 Å². The third-order valence-electron chi connectivity index (χ3n) is 6.43. The first-order valence-corrected chi connectivity index (χ1v) is 12.3. The fourth-order valence-electron chi connectivity index (χ4n) is 4.36. The van der Waals surface area contributed by atoms with Crippen LogP contribution in [-0.2, 0) is 20.7 Å². The molecule has 0 atom stereocenters. The molecule has 4 N–H and O–H groups in total. The summed E-state index contributed by atoms with van der Waals surface area (Å²) in [6, 6.07) is 12.3. The van der Waals surface area contributed by atoms with E-state index in [4.69, 9.17) is 20.9 Å². The molecular weight excluding hydrogens is 440 g/mol. The minimum absolute atomic E-state index is 0.00447. The summed E-state index contributed by atoms with van der Waals surface area (Å²) in [4.78, 5) is 24.5. The van der Waals surface area contributed by atoms with Crippen molar-refractivity contribution >= 4 is 29.4 Å². The van der Waals surface area contributed by atoms with Gasteiger partial charge in [0.2, 0.25) is 0 Å². The van der Waals surface area contributed by atoms with Gasteiger partial charge in [0.05, 0.1) is 12.2 Å². The molecule has 1 saturated carbocycles. The van der Waals surface area contributed by atoms with Gasteiger partial charge in [-0.05, 0) is 92.0 Å². The van der Waals surface area contributed by atoms with Gasteiger partial charge in [0.15, 0.2) is 0 Å². The molecule has 0 saturated heterocycles. The number of nitrogens with two attached hydrogens (primary N) is 2. The normalized spacial score (nSPS) is 17.7. The van der Waals surface area contributed by atoms with E-state index in [9.17, 15) is 9.59 Å². The van der Waals surface area contributed by atoms with Crippen LogP contribution in [0.25, 0.3) is 6.08 Å². The maximum atomic E-state index is 12.5. The number of esters is 2.